The lowest BCUT2D eigenvalue weighted by atomic mass is 10.2. The summed E-state index contributed by atoms with van der Waals surface area (Å²) < 4.78 is 27.4. The predicted octanol–water partition coefficient (Wildman–Crippen LogP) is 1.82. The zero-order chi connectivity index (χ0) is 17.3. The lowest BCUT2D eigenvalue weighted by Gasteiger charge is -2.06. The quantitative estimate of drug-likeness (QED) is 0.804. The summed E-state index contributed by atoms with van der Waals surface area (Å²) in [5.74, 6) is -0.450. The minimum Gasteiger partial charge on any atom is -0.351 e. The smallest absolute Gasteiger partial charge is 0.263 e. The van der Waals surface area contributed by atoms with Crippen molar-refractivity contribution < 1.29 is 18.0 Å². The standard InChI is InChI=1S/C15H15N3O4S2/c1-9(19)10-4-2-5-11(8-10)24(21,22)18-15-17-12-6-3-7-16-14(20)13(12)23-15/h2,4-5,8H,3,6-7H2,1H3,(H,16,20)(H,17,18). The van der Waals surface area contributed by atoms with Gasteiger partial charge in [-0.3, -0.25) is 14.3 Å². The molecule has 1 aromatic carbocycles. The Morgan fingerprint density at radius 3 is 2.92 bits per heavy atom. The van der Waals surface area contributed by atoms with Crippen LogP contribution in [0.5, 0.6) is 0 Å². The van der Waals surface area contributed by atoms with E-state index in [-0.39, 0.29) is 21.7 Å². The molecule has 0 unspecified atom stereocenters. The van der Waals surface area contributed by atoms with Gasteiger partial charge in [-0.15, -0.1) is 0 Å². The van der Waals surface area contributed by atoms with E-state index in [1.807, 2.05) is 0 Å². The van der Waals surface area contributed by atoms with Gasteiger partial charge in [0.05, 0.1) is 10.6 Å². The third-order valence-corrected chi connectivity index (χ3v) is 6.03. The van der Waals surface area contributed by atoms with Crippen LogP contribution in [0.3, 0.4) is 0 Å². The largest absolute Gasteiger partial charge is 0.351 e. The van der Waals surface area contributed by atoms with E-state index in [0.29, 0.717) is 29.1 Å². The van der Waals surface area contributed by atoms with Gasteiger partial charge in [0.2, 0.25) is 0 Å². The molecule has 1 amide bonds. The van der Waals surface area contributed by atoms with Crippen molar-refractivity contribution in [2.24, 2.45) is 0 Å². The van der Waals surface area contributed by atoms with E-state index in [2.05, 4.69) is 15.0 Å². The van der Waals surface area contributed by atoms with Crippen LogP contribution >= 0.6 is 11.3 Å². The molecule has 0 spiro atoms. The van der Waals surface area contributed by atoms with Gasteiger partial charge in [0.15, 0.2) is 10.9 Å². The van der Waals surface area contributed by atoms with Crippen LogP contribution in [0, 0.1) is 0 Å². The number of carbonyl (C=O) groups excluding carboxylic acids is 2. The van der Waals surface area contributed by atoms with Gasteiger partial charge < -0.3 is 5.32 Å². The number of ketones is 1. The summed E-state index contributed by atoms with van der Waals surface area (Å²) in [6, 6.07) is 5.78. The number of aryl methyl sites for hydroxylation is 1. The van der Waals surface area contributed by atoms with Crippen molar-refractivity contribution in [3.63, 3.8) is 0 Å². The van der Waals surface area contributed by atoms with Crippen LogP contribution < -0.4 is 10.0 Å². The molecule has 24 heavy (non-hydrogen) atoms. The molecule has 7 nitrogen and oxygen atoms in total. The first-order chi connectivity index (χ1) is 11.4. The lowest BCUT2D eigenvalue weighted by Crippen LogP contribution is -2.21. The first kappa shape index (κ1) is 16.6. The molecular formula is C15H15N3O4S2. The molecule has 9 heteroatoms. The first-order valence-electron chi connectivity index (χ1n) is 7.28. The number of thiazole rings is 1. The zero-order valence-corrected chi connectivity index (χ0v) is 14.5. The summed E-state index contributed by atoms with van der Waals surface area (Å²) in [6.45, 7) is 1.95. The average Bonchev–Trinajstić information content (AvgIpc) is 2.85. The number of nitrogens with zero attached hydrogens (tertiary/aromatic N) is 1. The summed E-state index contributed by atoms with van der Waals surface area (Å²) in [5, 5.41) is 2.89. The maximum absolute atomic E-state index is 12.5. The van der Waals surface area contributed by atoms with Gasteiger partial charge in [0, 0.05) is 12.1 Å². The van der Waals surface area contributed by atoms with E-state index in [9.17, 15) is 18.0 Å². The highest BCUT2D eigenvalue weighted by atomic mass is 32.2. The number of nitrogens with one attached hydrogen (secondary N) is 2. The summed E-state index contributed by atoms with van der Waals surface area (Å²) in [4.78, 5) is 28.0. The highest BCUT2D eigenvalue weighted by Gasteiger charge is 2.23. The number of carbonyl (C=O) groups is 2. The van der Waals surface area contributed by atoms with Gasteiger partial charge in [0.25, 0.3) is 15.9 Å². The Balaban J connectivity index is 1.90. The van der Waals surface area contributed by atoms with Crippen LogP contribution in [-0.4, -0.2) is 31.6 Å². The molecule has 1 aliphatic heterocycles. The van der Waals surface area contributed by atoms with Gasteiger partial charge in [0.1, 0.15) is 4.88 Å². The normalized spacial score (nSPS) is 14.5. The van der Waals surface area contributed by atoms with Crippen LogP contribution in [0.25, 0.3) is 0 Å². The maximum Gasteiger partial charge on any atom is 0.263 e. The van der Waals surface area contributed by atoms with Crippen molar-refractivity contribution in [2.45, 2.75) is 24.7 Å². The third-order valence-electron chi connectivity index (χ3n) is 3.55. The summed E-state index contributed by atoms with van der Waals surface area (Å²) in [5.41, 5.74) is 0.914. The van der Waals surface area contributed by atoms with Crippen molar-refractivity contribution in [3.8, 4) is 0 Å². The Labute approximate surface area is 143 Å². The fourth-order valence-electron chi connectivity index (χ4n) is 2.34. The molecule has 0 saturated carbocycles. The molecule has 0 aliphatic carbocycles. The minimum absolute atomic E-state index is 0.0231. The van der Waals surface area contributed by atoms with Crippen molar-refractivity contribution in [1.29, 1.82) is 0 Å². The molecule has 2 heterocycles. The minimum atomic E-state index is -3.88. The second kappa shape index (κ2) is 6.33. The number of rotatable bonds is 4. The molecule has 126 valence electrons. The molecule has 0 atom stereocenters. The number of benzene rings is 1. The number of fused-ring (bicyclic) bond motifs is 1. The van der Waals surface area contributed by atoms with E-state index in [1.165, 1.54) is 25.1 Å². The van der Waals surface area contributed by atoms with Gasteiger partial charge in [-0.05, 0) is 31.9 Å². The van der Waals surface area contributed by atoms with Gasteiger partial charge in [-0.25, -0.2) is 13.4 Å². The highest BCUT2D eigenvalue weighted by molar-refractivity contribution is 7.93. The SMILES string of the molecule is CC(=O)c1cccc(S(=O)(=O)Nc2nc3c(s2)C(=O)NCCC3)c1. The second-order valence-electron chi connectivity index (χ2n) is 5.34. The van der Waals surface area contributed by atoms with Crippen LogP contribution in [-0.2, 0) is 16.4 Å². The molecule has 2 aromatic rings. The molecule has 1 aromatic heterocycles. The van der Waals surface area contributed by atoms with Crippen LogP contribution in [0.4, 0.5) is 5.13 Å². The molecule has 2 N–H and O–H groups in total. The fourth-order valence-corrected chi connectivity index (χ4v) is 4.54. The summed E-state index contributed by atoms with van der Waals surface area (Å²) >= 11 is 1.01. The van der Waals surface area contributed by atoms with E-state index >= 15 is 0 Å². The first-order valence-corrected chi connectivity index (χ1v) is 9.58. The van der Waals surface area contributed by atoms with E-state index in [0.717, 1.165) is 17.8 Å². The van der Waals surface area contributed by atoms with Gasteiger partial charge in [-0.1, -0.05) is 23.5 Å². The second-order valence-corrected chi connectivity index (χ2v) is 8.03. The number of amides is 1. The Morgan fingerprint density at radius 1 is 1.38 bits per heavy atom. The molecule has 0 saturated heterocycles. The Hall–Kier alpha value is -2.26. The monoisotopic (exact) mass is 365 g/mol. The van der Waals surface area contributed by atoms with Crippen molar-refractivity contribution >= 4 is 38.2 Å². The molecule has 0 radical (unpaired) electrons. The van der Waals surface area contributed by atoms with Crippen molar-refractivity contribution in [3.05, 3.63) is 40.4 Å². The number of aromatic nitrogens is 1. The Morgan fingerprint density at radius 2 is 2.17 bits per heavy atom. The molecule has 0 fully saturated rings. The number of Topliss-reactive ketones (excluding diaryl/α,β-unsaturated/α-hetero) is 1. The van der Waals surface area contributed by atoms with Crippen LogP contribution in [0.2, 0.25) is 0 Å². The average molecular weight is 365 g/mol. The van der Waals surface area contributed by atoms with Crippen molar-refractivity contribution in [2.75, 3.05) is 11.3 Å². The van der Waals surface area contributed by atoms with E-state index in [1.54, 1.807) is 6.07 Å². The number of anilines is 1. The summed E-state index contributed by atoms with van der Waals surface area (Å²) in [6.07, 6.45) is 1.38. The lowest BCUT2D eigenvalue weighted by molar-refractivity contribution is 0.0958. The highest BCUT2D eigenvalue weighted by Crippen LogP contribution is 2.27. The summed E-state index contributed by atoms with van der Waals surface area (Å²) in [7, 11) is -3.88. The molecule has 1 aliphatic rings. The maximum atomic E-state index is 12.5. The topological polar surface area (TPSA) is 105 Å². The molecular weight excluding hydrogens is 350 g/mol. The van der Waals surface area contributed by atoms with Gasteiger partial charge in [-0.2, -0.15) is 0 Å². The molecule has 3 rings (SSSR count). The van der Waals surface area contributed by atoms with E-state index < -0.39 is 10.0 Å². The van der Waals surface area contributed by atoms with Crippen molar-refractivity contribution in [1.82, 2.24) is 10.3 Å². The fraction of sp³-hybridized carbons (Fsp3) is 0.267. The predicted molar refractivity (Wildman–Crippen MR) is 90.0 cm³/mol. The molecule has 0 bridgehead atoms. The van der Waals surface area contributed by atoms with Crippen LogP contribution in [0.1, 0.15) is 39.1 Å². The Kier molecular flexibility index (Phi) is 4.37. The Bertz CT molecular complexity index is 919. The number of hydrogen-bond donors (Lipinski definition) is 2. The van der Waals surface area contributed by atoms with E-state index in [4.69, 9.17) is 0 Å². The zero-order valence-electron chi connectivity index (χ0n) is 12.8. The van der Waals surface area contributed by atoms with Crippen LogP contribution in [0.15, 0.2) is 29.2 Å². The van der Waals surface area contributed by atoms with Gasteiger partial charge >= 0.3 is 0 Å². The third kappa shape index (κ3) is 3.31. The number of hydrogen-bond acceptors (Lipinski definition) is 6. The number of sulfonamides is 1.